The lowest BCUT2D eigenvalue weighted by atomic mass is 9.96. The van der Waals surface area contributed by atoms with Crippen molar-refractivity contribution in [3.8, 4) is 62.1 Å². The molecule has 5 nitrogen and oxygen atoms in total. The van der Waals surface area contributed by atoms with Gasteiger partial charge >= 0.3 is 0 Å². The Morgan fingerprint density at radius 3 is 1.78 bits per heavy atom. The van der Waals surface area contributed by atoms with Crippen LogP contribution in [0.2, 0.25) is 0 Å². The van der Waals surface area contributed by atoms with E-state index in [2.05, 4.69) is 193 Å². The number of thiophene rings is 1. The van der Waals surface area contributed by atoms with Crippen molar-refractivity contribution < 1.29 is 4.42 Å². The van der Waals surface area contributed by atoms with Crippen LogP contribution in [-0.4, -0.2) is 19.5 Å². The molecular weight excluding hydrogens is 789 g/mol. The van der Waals surface area contributed by atoms with Crippen LogP contribution in [0, 0.1) is 0 Å². The number of furan rings is 1. The van der Waals surface area contributed by atoms with E-state index in [9.17, 15) is 0 Å². The fourth-order valence-corrected chi connectivity index (χ4v) is 10.4. The normalized spacial score (nSPS) is 11.8. The van der Waals surface area contributed by atoms with Crippen LogP contribution < -0.4 is 0 Å². The van der Waals surface area contributed by atoms with Gasteiger partial charge in [0.1, 0.15) is 11.2 Å². The highest BCUT2D eigenvalue weighted by Gasteiger charge is 2.19. The average molecular weight is 823 g/mol. The van der Waals surface area contributed by atoms with Crippen LogP contribution in [-0.2, 0) is 0 Å². The Morgan fingerprint density at radius 2 is 0.937 bits per heavy atom. The lowest BCUT2D eigenvalue weighted by Crippen LogP contribution is -2.00. The molecule has 0 aliphatic heterocycles. The van der Waals surface area contributed by atoms with E-state index in [-0.39, 0.29) is 0 Å². The van der Waals surface area contributed by atoms with Gasteiger partial charge in [0.25, 0.3) is 0 Å². The summed E-state index contributed by atoms with van der Waals surface area (Å²) in [6, 6.07) is 72.7. The van der Waals surface area contributed by atoms with Crippen LogP contribution in [0.5, 0.6) is 0 Å². The van der Waals surface area contributed by atoms with Crippen molar-refractivity contribution in [3.63, 3.8) is 0 Å². The van der Waals surface area contributed by atoms with Crippen molar-refractivity contribution in [1.29, 1.82) is 0 Å². The van der Waals surface area contributed by atoms with Crippen LogP contribution in [0.25, 0.3) is 126 Å². The van der Waals surface area contributed by atoms with Crippen LogP contribution in [0.1, 0.15) is 0 Å². The molecule has 0 radical (unpaired) electrons. The summed E-state index contributed by atoms with van der Waals surface area (Å²) in [5.74, 6) is 1.89. The predicted molar refractivity (Wildman–Crippen MR) is 262 cm³/mol. The zero-order chi connectivity index (χ0) is 41.4. The molecule has 294 valence electrons. The molecule has 13 aromatic rings. The molecule has 0 aliphatic rings. The second-order valence-electron chi connectivity index (χ2n) is 16.0. The third-order valence-corrected chi connectivity index (χ3v) is 13.4. The number of rotatable bonds is 6. The number of aromatic nitrogens is 4. The molecule has 0 aliphatic carbocycles. The van der Waals surface area contributed by atoms with Gasteiger partial charge in [0.15, 0.2) is 17.5 Å². The molecule has 0 bridgehead atoms. The van der Waals surface area contributed by atoms with Crippen molar-refractivity contribution >= 4 is 75.3 Å². The number of nitrogens with zero attached hydrogens (tertiary/aromatic N) is 4. The molecule has 0 saturated heterocycles. The van der Waals surface area contributed by atoms with Crippen LogP contribution in [0.15, 0.2) is 211 Å². The van der Waals surface area contributed by atoms with Crippen LogP contribution >= 0.6 is 11.3 Å². The Bertz CT molecular complexity index is 3920. The first-order chi connectivity index (χ1) is 31.2. The molecule has 0 unspecified atom stereocenters. The minimum Gasteiger partial charge on any atom is -0.456 e. The van der Waals surface area contributed by atoms with E-state index in [0.717, 1.165) is 66.6 Å². The average Bonchev–Trinajstić information content (AvgIpc) is 4.03. The van der Waals surface area contributed by atoms with E-state index >= 15 is 0 Å². The molecule has 0 saturated carbocycles. The summed E-state index contributed by atoms with van der Waals surface area (Å²) in [4.78, 5) is 15.3. The maximum Gasteiger partial charge on any atom is 0.164 e. The summed E-state index contributed by atoms with van der Waals surface area (Å²) in [6.45, 7) is 0. The van der Waals surface area contributed by atoms with E-state index in [1.807, 2.05) is 18.2 Å². The van der Waals surface area contributed by atoms with E-state index in [4.69, 9.17) is 19.4 Å². The van der Waals surface area contributed by atoms with Gasteiger partial charge in [-0.2, -0.15) is 0 Å². The molecule has 0 amide bonds. The number of hydrogen-bond acceptors (Lipinski definition) is 5. The second kappa shape index (κ2) is 14.2. The van der Waals surface area contributed by atoms with Gasteiger partial charge in [-0.1, -0.05) is 127 Å². The van der Waals surface area contributed by atoms with Gasteiger partial charge in [-0.15, -0.1) is 11.3 Å². The van der Waals surface area contributed by atoms with Gasteiger partial charge in [0.05, 0.1) is 11.0 Å². The largest absolute Gasteiger partial charge is 0.456 e. The van der Waals surface area contributed by atoms with Gasteiger partial charge in [-0.3, -0.25) is 0 Å². The summed E-state index contributed by atoms with van der Waals surface area (Å²) < 4.78 is 11.4. The van der Waals surface area contributed by atoms with Gasteiger partial charge in [-0.25, -0.2) is 15.0 Å². The molecule has 4 aromatic heterocycles. The molecule has 63 heavy (non-hydrogen) atoms. The molecule has 0 N–H and O–H groups in total. The smallest absolute Gasteiger partial charge is 0.164 e. The van der Waals surface area contributed by atoms with Crippen molar-refractivity contribution in [1.82, 2.24) is 19.5 Å². The first-order valence-corrected chi connectivity index (χ1v) is 21.9. The monoisotopic (exact) mass is 822 g/mol. The molecule has 9 aromatic carbocycles. The maximum atomic E-state index is 6.55. The Balaban J connectivity index is 0.934. The number of fused-ring (bicyclic) bond motifs is 9. The molecule has 0 fully saturated rings. The van der Waals surface area contributed by atoms with Gasteiger partial charge in [-0.05, 0) is 101 Å². The molecule has 6 heteroatoms. The minimum atomic E-state index is 0.617. The Kier molecular flexibility index (Phi) is 8.01. The third-order valence-electron chi connectivity index (χ3n) is 12.2. The number of benzene rings is 9. The minimum absolute atomic E-state index is 0.617. The van der Waals surface area contributed by atoms with E-state index in [0.29, 0.717) is 17.5 Å². The molecule has 4 heterocycles. The Morgan fingerprint density at radius 1 is 0.349 bits per heavy atom. The lowest BCUT2D eigenvalue weighted by Gasteiger charge is -2.10. The molecule has 0 spiro atoms. The predicted octanol–water partition coefficient (Wildman–Crippen LogP) is 15.6. The standard InChI is InChI=1S/C57H34N4OS/c1-3-13-35(14-4-1)55-58-56(60-57(59-55)40-27-30-53-46(34-40)44-20-8-10-24-52(44)63-53)39-16-11-15-38(31-39)42-21-12-23-51-54(42)47-33-37(26-29-50(47)62-51)36-25-28-49-45(32-36)43-19-7-9-22-48(43)61(49)41-17-5-2-6-18-41/h1-34H. The molecule has 13 rings (SSSR count). The third kappa shape index (κ3) is 5.87. The van der Waals surface area contributed by atoms with E-state index in [1.165, 1.54) is 42.0 Å². The van der Waals surface area contributed by atoms with Crippen molar-refractivity contribution in [2.75, 3.05) is 0 Å². The Labute approximate surface area is 365 Å². The zero-order valence-corrected chi connectivity index (χ0v) is 34.6. The van der Waals surface area contributed by atoms with Crippen molar-refractivity contribution in [2.45, 2.75) is 0 Å². The highest BCUT2D eigenvalue weighted by atomic mass is 32.1. The first kappa shape index (κ1) is 35.6. The maximum absolute atomic E-state index is 6.55. The topological polar surface area (TPSA) is 56.7 Å². The van der Waals surface area contributed by atoms with Crippen LogP contribution in [0.4, 0.5) is 0 Å². The lowest BCUT2D eigenvalue weighted by molar-refractivity contribution is 0.669. The summed E-state index contributed by atoms with van der Waals surface area (Å²) in [5, 5.41) is 7.04. The summed E-state index contributed by atoms with van der Waals surface area (Å²) >= 11 is 1.81. The highest BCUT2D eigenvalue weighted by molar-refractivity contribution is 7.25. The fourth-order valence-electron chi connectivity index (χ4n) is 9.30. The second-order valence-corrected chi connectivity index (χ2v) is 17.1. The molecular formula is C57H34N4OS. The highest BCUT2D eigenvalue weighted by Crippen LogP contribution is 2.41. The summed E-state index contributed by atoms with van der Waals surface area (Å²) in [5.41, 5.74) is 12.4. The summed E-state index contributed by atoms with van der Waals surface area (Å²) in [7, 11) is 0. The summed E-state index contributed by atoms with van der Waals surface area (Å²) in [6.07, 6.45) is 0. The number of hydrogen-bond donors (Lipinski definition) is 0. The van der Waals surface area contributed by atoms with Gasteiger partial charge in [0.2, 0.25) is 0 Å². The van der Waals surface area contributed by atoms with Gasteiger partial charge in [0, 0.05) is 64.1 Å². The first-order valence-electron chi connectivity index (χ1n) is 21.1. The van der Waals surface area contributed by atoms with Gasteiger partial charge < -0.3 is 8.98 Å². The van der Waals surface area contributed by atoms with Crippen molar-refractivity contribution in [2.24, 2.45) is 0 Å². The zero-order valence-electron chi connectivity index (χ0n) is 33.7. The molecule has 0 atom stereocenters. The van der Waals surface area contributed by atoms with E-state index < -0.39 is 0 Å². The van der Waals surface area contributed by atoms with Crippen molar-refractivity contribution in [3.05, 3.63) is 206 Å². The fraction of sp³-hybridized carbons (Fsp3) is 0. The SMILES string of the molecule is c1ccc(-c2nc(-c3cccc(-c4cccc5oc6ccc(-c7ccc8c(c7)c7ccccc7n8-c7ccccc7)cc6c45)c3)nc(-c3ccc4sc5ccccc5c4c3)n2)cc1. The quantitative estimate of drug-likeness (QED) is 0.168. The van der Waals surface area contributed by atoms with E-state index in [1.54, 1.807) is 11.3 Å². The Hall–Kier alpha value is -8.19. The van der Waals surface area contributed by atoms with Crippen LogP contribution in [0.3, 0.4) is 0 Å². The number of para-hydroxylation sites is 2.